The van der Waals surface area contributed by atoms with Crippen LogP contribution in [0.1, 0.15) is 37.6 Å². The largest absolute Gasteiger partial charge is 0.497 e. The van der Waals surface area contributed by atoms with Gasteiger partial charge < -0.3 is 19.1 Å². The van der Waals surface area contributed by atoms with Crippen LogP contribution in [0, 0.1) is 11.8 Å². The van der Waals surface area contributed by atoms with Crippen LogP contribution in [0.25, 0.3) is 0 Å². The number of carbonyl (C=O) groups is 2. The van der Waals surface area contributed by atoms with Gasteiger partial charge in [-0.15, -0.1) is 0 Å². The second-order valence-electron chi connectivity index (χ2n) is 6.46. The summed E-state index contributed by atoms with van der Waals surface area (Å²) < 4.78 is 15.3. The number of carbonyl (C=O) groups excluding carboxylic acids is 2. The Balaban J connectivity index is 3.07. The third-order valence-electron chi connectivity index (χ3n) is 3.96. The predicted octanol–water partition coefficient (Wildman–Crippen LogP) is 3.00. The highest BCUT2D eigenvalue weighted by Gasteiger charge is 2.23. The number of hydrogen-bond donors (Lipinski definition) is 0. The fraction of sp³-hybridized carbons (Fsp3) is 0.579. The fourth-order valence-corrected chi connectivity index (χ4v) is 2.41. The smallest absolute Gasteiger partial charge is 0.310 e. The minimum absolute atomic E-state index is 0.159. The first-order chi connectivity index (χ1) is 11.8. The molecule has 1 amide bonds. The molecule has 1 rings (SSSR count). The zero-order valence-corrected chi connectivity index (χ0v) is 16.0. The van der Waals surface area contributed by atoms with Gasteiger partial charge in [-0.05, 0) is 24.5 Å². The molecule has 0 radical (unpaired) electrons. The van der Waals surface area contributed by atoms with Crippen molar-refractivity contribution in [3.63, 3.8) is 0 Å². The van der Waals surface area contributed by atoms with E-state index in [9.17, 15) is 9.59 Å². The average Bonchev–Trinajstić information content (AvgIpc) is 2.62. The number of amides is 1. The molecule has 0 fully saturated rings. The Kier molecular flexibility index (Phi) is 8.25. The van der Waals surface area contributed by atoms with Gasteiger partial charge in [-0.3, -0.25) is 9.59 Å². The summed E-state index contributed by atoms with van der Waals surface area (Å²) in [6.07, 6.45) is 0.848. The maximum Gasteiger partial charge on any atom is 0.310 e. The summed E-state index contributed by atoms with van der Waals surface area (Å²) >= 11 is 0. The van der Waals surface area contributed by atoms with Crippen molar-refractivity contribution in [3.05, 3.63) is 23.8 Å². The van der Waals surface area contributed by atoms with Gasteiger partial charge in [0, 0.05) is 24.7 Å². The van der Waals surface area contributed by atoms with Gasteiger partial charge in [-0.25, -0.2) is 0 Å². The highest BCUT2D eigenvalue weighted by molar-refractivity contribution is 5.95. The molecule has 1 aromatic rings. The summed E-state index contributed by atoms with van der Waals surface area (Å²) in [5.74, 6) is 0.663. The van der Waals surface area contributed by atoms with Crippen LogP contribution in [0.5, 0.6) is 11.5 Å². The van der Waals surface area contributed by atoms with E-state index in [4.69, 9.17) is 14.2 Å². The molecule has 6 nitrogen and oxygen atoms in total. The normalized spacial score (nSPS) is 11.8. The van der Waals surface area contributed by atoms with Crippen LogP contribution in [0.4, 0.5) is 0 Å². The molecular weight excluding hydrogens is 322 g/mol. The summed E-state index contributed by atoms with van der Waals surface area (Å²) in [5.41, 5.74) is 0.469. The van der Waals surface area contributed by atoms with E-state index in [0.717, 1.165) is 6.42 Å². The van der Waals surface area contributed by atoms with Gasteiger partial charge in [-0.2, -0.15) is 0 Å². The maximum absolute atomic E-state index is 13.0. The van der Waals surface area contributed by atoms with Crippen LogP contribution < -0.4 is 9.47 Å². The first-order valence-corrected chi connectivity index (χ1v) is 8.42. The van der Waals surface area contributed by atoms with Gasteiger partial charge in [0.25, 0.3) is 5.91 Å². The van der Waals surface area contributed by atoms with Crippen molar-refractivity contribution in [2.75, 3.05) is 34.4 Å². The van der Waals surface area contributed by atoms with E-state index in [2.05, 4.69) is 13.8 Å². The van der Waals surface area contributed by atoms with E-state index < -0.39 is 5.92 Å². The molecule has 0 aliphatic rings. The van der Waals surface area contributed by atoms with E-state index in [1.807, 2.05) is 0 Å². The molecule has 1 unspecified atom stereocenters. The molecule has 25 heavy (non-hydrogen) atoms. The molecule has 0 heterocycles. The van der Waals surface area contributed by atoms with Crippen LogP contribution in [0.15, 0.2) is 18.2 Å². The lowest BCUT2D eigenvalue weighted by Crippen LogP contribution is -2.38. The number of esters is 1. The number of ether oxygens (including phenoxy) is 3. The Morgan fingerprint density at radius 2 is 1.56 bits per heavy atom. The lowest BCUT2D eigenvalue weighted by atomic mass is 10.1. The van der Waals surface area contributed by atoms with Gasteiger partial charge in [0.2, 0.25) is 0 Å². The molecule has 0 aliphatic carbocycles. The van der Waals surface area contributed by atoms with Crippen molar-refractivity contribution in [2.45, 2.75) is 27.2 Å². The van der Waals surface area contributed by atoms with Crippen molar-refractivity contribution in [1.82, 2.24) is 4.90 Å². The summed E-state index contributed by atoms with van der Waals surface area (Å²) in [6.45, 7) is 6.82. The Bertz CT molecular complexity index is 563. The molecular formula is C19H29NO5. The number of hydrogen-bond acceptors (Lipinski definition) is 5. The van der Waals surface area contributed by atoms with Crippen LogP contribution in [-0.2, 0) is 9.53 Å². The minimum atomic E-state index is -0.395. The molecule has 1 aromatic carbocycles. The Hall–Kier alpha value is -2.24. The van der Waals surface area contributed by atoms with Crippen molar-refractivity contribution >= 4 is 11.9 Å². The third kappa shape index (κ3) is 6.29. The summed E-state index contributed by atoms with van der Waals surface area (Å²) in [7, 11) is 4.43. The monoisotopic (exact) mass is 351 g/mol. The molecule has 0 saturated heterocycles. The van der Waals surface area contributed by atoms with E-state index in [-0.39, 0.29) is 11.9 Å². The molecule has 0 spiro atoms. The standard InChI is InChI=1S/C19H29NO5/c1-13(2)7-8-20(12-14(3)19(22)25-6)18(21)15-9-16(23-4)11-17(10-15)24-5/h9-11,13-14H,7-8,12H2,1-6H3. The zero-order valence-electron chi connectivity index (χ0n) is 16.0. The molecule has 0 aliphatic heterocycles. The molecule has 1 atom stereocenters. The molecule has 0 N–H and O–H groups in total. The zero-order chi connectivity index (χ0) is 19.0. The topological polar surface area (TPSA) is 65.1 Å². The number of methoxy groups -OCH3 is 3. The molecule has 6 heteroatoms. The maximum atomic E-state index is 13.0. The van der Waals surface area contributed by atoms with Crippen molar-refractivity contribution in [1.29, 1.82) is 0 Å². The minimum Gasteiger partial charge on any atom is -0.497 e. The van der Waals surface area contributed by atoms with Crippen LogP contribution >= 0.6 is 0 Å². The van der Waals surface area contributed by atoms with Crippen LogP contribution in [0.3, 0.4) is 0 Å². The second-order valence-corrected chi connectivity index (χ2v) is 6.46. The first kappa shape index (κ1) is 20.8. The van der Waals surface area contributed by atoms with E-state index in [1.54, 1.807) is 44.2 Å². The highest BCUT2D eigenvalue weighted by atomic mass is 16.5. The van der Waals surface area contributed by atoms with E-state index >= 15 is 0 Å². The van der Waals surface area contributed by atoms with E-state index in [0.29, 0.717) is 36.1 Å². The lowest BCUT2D eigenvalue weighted by Gasteiger charge is -2.26. The van der Waals surface area contributed by atoms with Crippen LogP contribution in [0.2, 0.25) is 0 Å². The fourth-order valence-electron chi connectivity index (χ4n) is 2.41. The first-order valence-electron chi connectivity index (χ1n) is 8.42. The number of rotatable bonds is 9. The van der Waals surface area contributed by atoms with Gasteiger partial charge in [0.15, 0.2) is 0 Å². The number of benzene rings is 1. The predicted molar refractivity (Wildman–Crippen MR) is 96.1 cm³/mol. The molecule has 0 aromatic heterocycles. The second kappa shape index (κ2) is 9.91. The quantitative estimate of drug-likeness (QED) is 0.640. The summed E-state index contributed by atoms with van der Waals surface area (Å²) in [5, 5.41) is 0. The van der Waals surface area contributed by atoms with Gasteiger partial charge in [0.1, 0.15) is 11.5 Å². The average molecular weight is 351 g/mol. The highest BCUT2D eigenvalue weighted by Crippen LogP contribution is 2.24. The lowest BCUT2D eigenvalue weighted by molar-refractivity contribution is -0.145. The molecule has 0 bridgehead atoms. The van der Waals surface area contributed by atoms with Gasteiger partial charge in [-0.1, -0.05) is 20.8 Å². The van der Waals surface area contributed by atoms with Gasteiger partial charge >= 0.3 is 5.97 Å². The SMILES string of the molecule is COC(=O)C(C)CN(CCC(C)C)C(=O)c1cc(OC)cc(OC)c1. The third-order valence-corrected chi connectivity index (χ3v) is 3.96. The van der Waals surface area contributed by atoms with Gasteiger partial charge in [0.05, 0.1) is 27.2 Å². The van der Waals surface area contributed by atoms with Crippen molar-refractivity contribution in [3.8, 4) is 11.5 Å². The van der Waals surface area contributed by atoms with E-state index in [1.165, 1.54) is 7.11 Å². The van der Waals surface area contributed by atoms with Crippen molar-refractivity contribution < 1.29 is 23.8 Å². The van der Waals surface area contributed by atoms with Crippen LogP contribution in [-0.4, -0.2) is 51.2 Å². The Labute approximate surface area is 150 Å². The molecule has 0 saturated carbocycles. The van der Waals surface area contributed by atoms with Crippen molar-refractivity contribution in [2.24, 2.45) is 11.8 Å². The molecule has 140 valence electrons. The number of nitrogens with zero attached hydrogens (tertiary/aromatic N) is 1. The summed E-state index contributed by atoms with van der Waals surface area (Å²) in [4.78, 5) is 26.4. The Morgan fingerprint density at radius 1 is 1.00 bits per heavy atom. The Morgan fingerprint density at radius 3 is 2.00 bits per heavy atom. The summed E-state index contributed by atoms with van der Waals surface area (Å²) in [6, 6.07) is 5.07.